The molecule has 1 heterocycles. The lowest BCUT2D eigenvalue weighted by molar-refractivity contribution is -0.144. The van der Waals surface area contributed by atoms with E-state index in [1.165, 1.54) is 25.2 Å². The molecule has 0 aliphatic rings. The van der Waals surface area contributed by atoms with Crippen molar-refractivity contribution in [1.82, 2.24) is 9.97 Å². The van der Waals surface area contributed by atoms with Gasteiger partial charge in [0.25, 0.3) is 10.0 Å². The summed E-state index contributed by atoms with van der Waals surface area (Å²) in [4.78, 5) is 7.51. The van der Waals surface area contributed by atoms with E-state index in [1.807, 2.05) is 0 Å². The van der Waals surface area contributed by atoms with Gasteiger partial charge in [-0.05, 0) is 55.0 Å². The molecule has 0 atom stereocenters. The fraction of sp³-hybridized carbons (Fsp3) is 0.130. The van der Waals surface area contributed by atoms with E-state index in [9.17, 15) is 21.6 Å². The van der Waals surface area contributed by atoms with Gasteiger partial charge in [-0.25, -0.2) is 18.4 Å². The zero-order valence-electron chi connectivity index (χ0n) is 17.6. The summed E-state index contributed by atoms with van der Waals surface area (Å²) < 4.78 is 66.7. The van der Waals surface area contributed by atoms with E-state index < -0.39 is 22.0 Å². The highest BCUT2D eigenvalue weighted by molar-refractivity contribution is 7.92. The molecule has 33 heavy (non-hydrogen) atoms. The third-order valence-electron chi connectivity index (χ3n) is 5.08. The Bertz CT molecular complexity index is 1410. The van der Waals surface area contributed by atoms with Gasteiger partial charge in [-0.1, -0.05) is 30.3 Å². The maximum Gasteiger partial charge on any atom is 0.451 e. The van der Waals surface area contributed by atoms with Gasteiger partial charge >= 0.3 is 6.18 Å². The minimum absolute atomic E-state index is 0.0171. The molecule has 0 aliphatic heterocycles. The number of rotatable bonds is 5. The van der Waals surface area contributed by atoms with Gasteiger partial charge in [0.2, 0.25) is 5.82 Å². The summed E-state index contributed by atoms with van der Waals surface area (Å²) in [5.74, 6) is -1.23. The summed E-state index contributed by atoms with van der Waals surface area (Å²) in [6.45, 7) is 1.76. The second-order valence-corrected chi connectivity index (χ2v) is 9.29. The number of hydrogen-bond donors (Lipinski definition) is 1. The van der Waals surface area contributed by atoms with Gasteiger partial charge in [0.15, 0.2) is 0 Å². The fourth-order valence-electron chi connectivity index (χ4n) is 3.35. The lowest BCUT2D eigenvalue weighted by Crippen LogP contribution is -2.26. The van der Waals surface area contributed by atoms with Gasteiger partial charge in [-0.2, -0.15) is 13.2 Å². The van der Waals surface area contributed by atoms with Gasteiger partial charge in [0.05, 0.1) is 16.1 Å². The lowest BCUT2D eigenvalue weighted by Gasteiger charge is -2.20. The molecule has 170 valence electrons. The Morgan fingerprint density at radius 2 is 1.55 bits per heavy atom. The molecule has 0 fully saturated rings. The molecule has 0 bridgehead atoms. The molecule has 1 N–H and O–H groups in total. The first-order chi connectivity index (χ1) is 15.6. The van der Waals surface area contributed by atoms with Crippen LogP contribution < -0.4 is 9.62 Å². The maximum absolute atomic E-state index is 13.3. The molecular weight excluding hydrogens is 453 g/mol. The zero-order valence-corrected chi connectivity index (χ0v) is 18.4. The molecule has 6 nitrogen and oxygen atoms in total. The summed E-state index contributed by atoms with van der Waals surface area (Å²) >= 11 is 0. The van der Waals surface area contributed by atoms with Crippen LogP contribution in [0.15, 0.2) is 77.7 Å². The van der Waals surface area contributed by atoms with E-state index in [0.29, 0.717) is 22.3 Å². The molecule has 3 aromatic carbocycles. The third-order valence-corrected chi connectivity index (χ3v) is 6.88. The fourth-order valence-corrected chi connectivity index (χ4v) is 4.57. The van der Waals surface area contributed by atoms with Gasteiger partial charge in [-0.15, -0.1) is 0 Å². The molecule has 0 spiro atoms. The van der Waals surface area contributed by atoms with Crippen molar-refractivity contribution in [3.05, 3.63) is 84.2 Å². The summed E-state index contributed by atoms with van der Waals surface area (Å²) in [5, 5.41) is 3.39. The predicted octanol–water partition coefficient (Wildman–Crippen LogP) is 5.53. The van der Waals surface area contributed by atoms with Crippen LogP contribution in [0.25, 0.3) is 10.9 Å². The van der Waals surface area contributed by atoms with E-state index in [4.69, 9.17) is 0 Å². The number of anilines is 3. The molecule has 0 amide bonds. The minimum Gasteiger partial charge on any atom is -0.340 e. The van der Waals surface area contributed by atoms with Gasteiger partial charge in [-0.3, -0.25) is 4.31 Å². The van der Waals surface area contributed by atoms with Crippen LogP contribution in [0.1, 0.15) is 11.4 Å². The van der Waals surface area contributed by atoms with Gasteiger partial charge in [0, 0.05) is 18.1 Å². The molecule has 0 unspecified atom stereocenters. The first-order valence-corrected chi connectivity index (χ1v) is 11.3. The van der Waals surface area contributed by atoms with E-state index in [0.717, 1.165) is 4.31 Å². The molecule has 10 heteroatoms. The Morgan fingerprint density at radius 1 is 0.879 bits per heavy atom. The molecule has 0 saturated heterocycles. The smallest absolute Gasteiger partial charge is 0.340 e. The van der Waals surface area contributed by atoms with Crippen molar-refractivity contribution >= 4 is 38.1 Å². The first-order valence-electron chi connectivity index (χ1n) is 9.83. The van der Waals surface area contributed by atoms with Crippen LogP contribution in [0, 0.1) is 6.92 Å². The van der Waals surface area contributed by atoms with Gasteiger partial charge in [0.1, 0.15) is 5.82 Å². The number of benzene rings is 3. The number of hydrogen-bond acceptors (Lipinski definition) is 5. The number of sulfonamides is 1. The first kappa shape index (κ1) is 22.5. The number of fused-ring (bicyclic) bond motifs is 1. The van der Waals surface area contributed by atoms with Crippen LogP contribution in [-0.2, 0) is 16.2 Å². The second kappa shape index (κ2) is 8.36. The number of nitrogens with zero attached hydrogens (tertiary/aromatic N) is 3. The SMILES string of the molecule is Cc1cccc2nc(C(F)(F)F)nc(Nc3ccc(N(C)S(=O)(=O)c4ccccc4)cc3)c12. The zero-order chi connectivity index (χ0) is 23.8. The van der Waals surface area contributed by atoms with Crippen molar-refractivity contribution in [3.8, 4) is 0 Å². The number of nitrogens with one attached hydrogen (secondary N) is 1. The van der Waals surface area contributed by atoms with E-state index >= 15 is 0 Å². The second-order valence-electron chi connectivity index (χ2n) is 7.32. The Hall–Kier alpha value is -3.66. The summed E-state index contributed by atoms with van der Waals surface area (Å²) in [6.07, 6.45) is -4.70. The molecule has 0 aliphatic carbocycles. The number of aromatic nitrogens is 2. The minimum atomic E-state index is -4.70. The highest BCUT2D eigenvalue weighted by atomic mass is 32.2. The third kappa shape index (κ3) is 4.47. The molecule has 4 rings (SSSR count). The lowest BCUT2D eigenvalue weighted by atomic mass is 10.1. The van der Waals surface area contributed by atoms with Crippen LogP contribution in [-0.4, -0.2) is 25.4 Å². The highest BCUT2D eigenvalue weighted by Crippen LogP contribution is 2.33. The van der Waals surface area contributed by atoms with Crippen LogP contribution in [0.4, 0.5) is 30.4 Å². The Morgan fingerprint density at radius 3 is 2.18 bits per heavy atom. The monoisotopic (exact) mass is 472 g/mol. The quantitative estimate of drug-likeness (QED) is 0.414. The molecule has 0 radical (unpaired) electrons. The van der Waals surface area contributed by atoms with Gasteiger partial charge < -0.3 is 5.32 Å². The molecule has 4 aromatic rings. The van der Waals surface area contributed by atoms with E-state index in [2.05, 4.69) is 15.3 Å². The van der Waals surface area contributed by atoms with Crippen molar-refractivity contribution in [3.63, 3.8) is 0 Å². The summed E-state index contributed by atoms with van der Waals surface area (Å²) in [6, 6.07) is 19.2. The normalized spacial score (nSPS) is 12.0. The Kier molecular flexibility index (Phi) is 5.71. The van der Waals surface area contributed by atoms with Crippen LogP contribution >= 0.6 is 0 Å². The maximum atomic E-state index is 13.3. The predicted molar refractivity (Wildman–Crippen MR) is 121 cm³/mol. The van der Waals surface area contributed by atoms with E-state index in [-0.39, 0.29) is 16.2 Å². The van der Waals surface area contributed by atoms with Crippen molar-refractivity contribution < 1.29 is 21.6 Å². The number of aryl methyl sites for hydroxylation is 1. The Labute approximate surface area is 188 Å². The average molecular weight is 472 g/mol. The van der Waals surface area contributed by atoms with Crippen molar-refractivity contribution in [1.29, 1.82) is 0 Å². The summed E-state index contributed by atoms with van der Waals surface area (Å²) in [5.41, 5.74) is 1.73. The Balaban J connectivity index is 1.68. The number of halogens is 3. The van der Waals surface area contributed by atoms with Crippen molar-refractivity contribution in [2.24, 2.45) is 0 Å². The average Bonchev–Trinajstić information content (AvgIpc) is 2.79. The topological polar surface area (TPSA) is 75.2 Å². The van der Waals surface area contributed by atoms with Crippen LogP contribution in [0.3, 0.4) is 0 Å². The largest absolute Gasteiger partial charge is 0.451 e. The molecule has 0 saturated carbocycles. The van der Waals surface area contributed by atoms with Crippen molar-refractivity contribution in [2.75, 3.05) is 16.7 Å². The van der Waals surface area contributed by atoms with Crippen LogP contribution in [0.5, 0.6) is 0 Å². The van der Waals surface area contributed by atoms with E-state index in [1.54, 1.807) is 61.5 Å². The van der Waals surface area contributed by atoms with Crippen LogP contribution in [0.2, 0.25) is 0 Å². The highest BCUT2D eigenvalue weighted by Gasteiger charge is 2.35. The van der Waals surface area contributed by atoms with Crippen molar-refractivity contribution in [2.45, 2.75) is 18.0 Å². The number of alkyl halides is 3. The molecule has 1 aromatic heterocycles. The summed E-state index contributed by atoms with van der Waals surface area (Å²) in [7, 11) is -2.32. The molecular formula is C23H19F3N4O2S. The standard InChI is InChI=1S/C23H19F3N4O2S/c1-15-7-6-10-19-20(15)21(29-22(28-19)23(24,25)26)27-16-11-13-17(14-12-16)30(2)33(31,32)18-8-4-3-5-9-18/h3-14H,1-2H3,(H,27,28,29).